The van der Waals surface area contributed by atoms with E-state index >= 15 is 0 Å². The van der Waals surface area contributed by atoms with Crippen LogP contribution in [0.4, 0.5) is 5.69 Å². The number of benzene rings is 4. The maximum Gasteiger partial charge on any atom is 0.271 e. The van der Waals surface area contributed by atoms with E-state index < -0.39 is 6.04 Å². The quantitative estimate of drug-likeness (QED) is 0.236. The zero-order chi connectivity index (χ0) is 30.8. The van der Waals surface area contributed by atoms with Crippen LogP contribution in [0.5, 0.6) is 5.75 Å². The van der Waals surface area contributed by atoms with Gasteiger partial charge in [-0.05, 0) is 85.9 Å². The average Bonchev–Trinajstić information content (AvgIpc) is 3.31. The highest BCUT2D eigenvalue weighted by atomic mass is 32.1. The summed E-state index contributed by atoms with van der Waals surface area (Å²) in [6, 6.07) is 30.4. The van der Waals surface area contributed by atoms with E-state index in [0.717, 1.165) is 16.9 Å². The van der Waals surface area contributed by atoms with Gasteiger partial charge in [-0.1, -0.05) is 89.7 Å². The van der Waals surface area contributed by atoms with Gasteiger partial charge in [0.1, 0.15) is 12.4 Å². The Bertz CT molecular complexity index is 2040. The molecule has 0 spiro atoms. The van der Waals surface area contributed by atoms with Crippen LogP contribution in [0.15, 0.2) is 118 Å². The third kappa shape index (κ3) is 5.92. The number of fused-ring (bicyclic) bond motifs is 1. The largest absolute Gasteiger partial charge is 0.489 e. The number of aromatic nitrogens is 1. The third-order valence-corrected chi connectivity index (χ3v) is 8.80. The predicted octanol–water partition coefficient (Wildman–Crippen LogP) is 6.38. The predicted molar refractivity (Wildman–Crippen MR) is 177 cm³/mol. The molecule has 44 heavy (non-hydrogen) atoms. The molecular formula is C37H33N3O3S. The number of allylic oxidation sites excluding steroid dienone is 1. The summed E-state index contributed by atoms with van der Waals surface area (Å²) in [5.41, 5.74) is 8.12. The van der Waals surface area contributed by atoms with E-state index in [2.05, 4.69) is 38.2 Å². The van der Waals surface area contributed by atoms with Crippen molar-refractivity contribution in [1.82, 2.24) is 4.57 Å². The Hall–Kier alpha value is -5.01. The van der Waals surface area contributed by atoms with Crippen molar-refractivity contribution in [2.75, 3.05) is 5.32 Å². The van der Waals surface area contributed by atoms with Crippen LogP contribution >= 0.6 is 11.3 Å². The molecule has 6 nitrogen and oxygen atoms in total. The van der Waals surface area contributed by atoms with Gasteiger partial charge in [-0.25, -0.2) is 4.99 Å². The molecule has 0 saturated heterocycles. The Morgan fingerprint density at radius 1 is 0.909 bits per heavy atom. The fourth-order valence-corrected chi connectivity index (χ4v) is 6.73. The lowest BCUT2D eigenvalue weighted by atomic mass is 9.95. The van der Waals surface area contributed by atoms with Crippen molar-refractivity contribution in [3.8, 4) is 5.75 Å². The highest BCUT2D eigenvalue weighted by molar-refractivity contribution is 7.07. The number of aryl methyl sites for hydroxylation is 3. The van der Waals surface area contributed by atoms with Crippen LogP contribution < -0.4 is 24.9 Å². The summed E-state index contributed by atoms with van der Waals surface area (Å²) in [5.74, 6) is 0.476. The number of rotatable bonds is 7. The molecule has 0 unspecified atom stereocenters. The molecule has 1 aromatic heterocycles. The van der Waals surface area contributed by atoms with Crippen LogP contribution in [-0.2, 0) is 11.4 Å². The van der Waals surface area contributed by atoms with Gasteiger partial charge >= 0.3 is 0 Å². The maximum absolute atomic E-state index is 14.0. The molecule has 1 aliphatic rings. The van der Waals surface area contributed by atoms with Gasteiger partial charge in [0.2, 0.25) is 0 Å². The monoisotopic (exact) mass is 599 g/mol. The molecule has 1 aliphatic heterocycles. The van der Waals surface area contributed by atoms with Gasteiger partial charge in [-0.2, -0.15) is 0 Å². The summed E-state index contributed by atoms with van der Waals surface area (Å²) < 4.78 is 8.29. The first-order valence-electron chi connectivity index (χ1n) is 14.5. The van der Waals surface area contributed by atoms with Crippen molar-refractivity contribution in [2.45, 2.75) is 40.3 Å². The molecule has 0 fully saturated rings. The Kier molecular flexibility index (Phi) is 8.13. The molecule has 6 rings (SSSR count). The Labute approximate surface area is 260 Å². The normalized spacial score (nSPS) is 14.6. The number of nitrogens with one attached hydrogen (secondary N) is 1. The van der Waals surface area contributed by atoms with Crippen molar-refractivity contribution < 1.29 is 9.53 Å². The second-order valence-corrected chi connectivity index (χ2v) is 12.1. The van der Waals surface area contributed by atoms with E-state index in [4.69, 9.17) is 9.73 Å². The highest BCUT2D eigenvalue weighted by Crippen LogP contribution is 2.30. The summed E-state index contributed by atoms with van der Waals surface area (Å²) >= 11 is 1.32. The molecule has 2 heterocycles. The van der Waals surface area contributed by atoms with E-state index in [1.54, 1.807) is 4.57 Å². The van der Waals surface area contributed by atoms with Crippen molar-refractivity contribution in [3.63, 3.8) is 0 Å². The number of hydrogen-bond donors (Lipinski definition) is 1. The molecule has 7 heteroatoms. The molecule has 0 bridgehead atoms. The average molecular weight is 600 g/mol. The molecule has 0 aliphatic carbocycles. The maximum atomic E-state index is 14.0. The summed E-state index contributed by atoms with van der Waals surface area (Å²) in [7, 11) is 0. The minimum atomic E-state index is -0.609. The van der Waals surface area contributed by atoms with Crippen LogP contribution in [0.1, 0.15) is 46.3 Å². The van der Waals surface area contributed by atoms with Gasteiger partial charge in [-0.3, -0.25) is 14.2 Å². The SMILES string of the molecule is CC1=C(C(=O)Nc2ccccc2)[C@H](c2ccccc2)n2c(s/c(=C\c3ccc(OCc4c(C)cc(C)cc4C)cc3)c2=O)=N1. The Morgan fingerprint density at radius 3 is 2.20 bits per heavy atom. The first-order valence-corrected chi connectivity index (χ1v) is 15.3. The molecule has 220 valence electrons. The highest BCUT2D eigenvalue weighted by Gasteiger charge is 2.32. The zero-order valence-electron chi connectivity index (χ0n) is 25.1. The standard InChI is InChI=1S/C37H33N3O3S/c1-23-19-24(2)31(25(3)20-23)22-43-30-17-15-27(16-18-30)21-32-36(42)40-34(28-11-7-5-8-12-28)33(26(4)38-37(40)44-32)35(41)39-29-13-9-6-10-14-29/h5-21,34H,22H2,1-4H3,(H,39,41)/b32-21-/t34-/m0/s1. The smallest absolute Gasteiger partial charge is 0.271 e. The van der Waals surface area contributed by atoms with Crippen molar-refractivity contribution in [2.24, 2.45) is 4.99 Å². The molecule has 4 aromatic carbocycles. The van der Waals surface area contributed by atoms with Gasteiger partial charge in [0, 0.05) is 5.69 Å². The lowest BCUT2D eigenvalue weighted by Gasteiger charge is -2.25. The van der Waals surface area contributed by atoms with E-state index in [1.807, 2.05) is 97.9 Å². The number of carbonyl (C=O) groups is 1. The summed E-state index contributed by atoms with van der Waals surface area (Å²) in [5, 5.41) is 2.98. The second-order valence-electron chi connectivity index (χ2n) is 11.0. The van der Waals surface area contributed by atoms with Gasteiger partial charge in [0.15, 0.2) is 4.80 Å². The first-order chi connectivity index (χ1) is 21.3. The summed E-state index contributed by atoms with van der Waals surface area (Å²) in [6.45, 7) is 8.64. The van der Waals surface area contributed by atoms with E-state index in [9.17, 15) is 9.59 Å². The number of nitrogens with zero attached hydrogens (tertiary/aromatic N) is 2. The lowest BCUT2D eigenvalue weighted by molar-refractivity contribution is -0.113. The lowest BCUT2D eigenvalue weighted by Crippen LogP contribution is -2.40. The summed E-state index contributed by atoms with van der Waals surface area (Å²) in [6.07, 6.45) is 1.87. The van der Waals surface area contributed by atoms with Crippen LogP contribution in [0, 0.1) is 20.8 Å². The van der Waals surface area contributed by atoms with E-state index in [0.29, 0.717) is 32.9 Å². The fraction of sp³-hybridized carbons (Fsp3) is 0.162. The van der Waals surface area contributed by atoms with Crippen LogP contribution in [0.25, 0.3) is 6.08 Å². The molecule has 0 radical (unpaired) electrons. The Balaban J connectivity index is 1.32. The summed E-state index contributed by atoms with van der Waals surface area (Å²) in [4.78, 5) is 32.9. The van der Waals surface area contributed by atoms with Crippen LogP contribution in [0.2, 0.25) is 0 Å². The van der Waals surface area contributed by atoms with Crippen LogP contribution in [0.3, 0.4) is 0 Å². The molecule has 1 amide bonds. The van der Waals surface area contributed by atoms with Gasteiger partial charge in [0.25, 0.3) is 11.5 Å². The van der Waals surface area contributed by atoms with Crippen molar-refractivity contribution >= 4 is 29.0 Å². The molecule has 0 saturated carbocycles. The number of amides is 1. The molecule has 1 N–H and O–H groups in total. The zero-order valence-corrected chi connectivity index (χ0v) is 25.9. The van der Waals surface area contributed by atoms with Gasteiger partial charge < -0.3 is 10.1 Å². The van der Waals surface area contributed by atoms with Crippen molar-refractivity contribution in [3.05, 3.63) is 161 Å². The number of thiazole rings is 1. The van der Waals surface area contributed by atoms with Gasteiger partial charge in [0.05, 0.1) is 21.8 Å². The first kappa shape index (κ1) is 29.1. The van der Waals surface area contributed by atoms with E-state index in [-0.39, 0.29) is 11.5 Å². The topological polar surface area (TPSA) is 72.7 Å². The van der Waals surface area contributed by atoms with E-state index in [1.165, 1.54) is 33.6 Å². The third-order valence-electron chi connectivity index (χ3n) is 7.81. The van der Waals surface area contributed by atoms with Crippen molar-refractivity contribution in [1.29, 1.82) is 0 Å². The van der Waals surface area contributed by atoms with Crippen LogP contribution in [-0.4, -0.2) is 10.5 Å². The number of hydrogen-bond acceptors (Lipinski definition) is 5. The number of para-hydroxylation sites is 1. The fourth-order valence-electron chi connectivity index (χ4n) is 5.69. The van der Waals surface area contributed by atoms with Gasteiger partial charge in [-0.15, -0.1) is 0 Å². The minimum Gasteiger partial charge on any atom is -0.489 e. The Morgan fingerprint density at radius 2 is 1.55 bits per heavy atom. The number of anilines is 1. The second kappa shape index (κ2) is 12.3. The number of carbonyl (C=O) groups excluding carboxylic acids is 1. The number of ether oxygens (including phenoxy) is 1. The molecular weight excluding hydrogens is 566 g/mol. The minimum absolute atomic E-state index is 0.189. The molecule has 5 aromatic rings. The molecule has 1 atom stereocenters.